The summed E-state index contributed by atoms with van der Waals surface area (Å²) in [5.41, 5.74) is 11.1. The molecule has 2 aromatic heterocycles. The van der Waals surface area contributed by atoms with Gasteiger partial charge in [0.1, 0.15) is 12.4 Å². The number of anilines is 3. The molecule has 220 valence electrons. The molecule has 0 aliphatic carbocycles. The van der Waals surface area contributed by atoms with Gasteiger partial charge in [0.15, 0.2) is 5.13 Å². The first-order valence-corrected chi connectivity index (χ1v) is 14.7. The molecule has 44 heavy (non-hydrogen) atoms. The molecular formula is C33H27FN6O3S. The van der Waals surface area contributed by atoms with Crippen molar-refractivity contribution in [2.45, 2.75) is 13.0 Å². The molecule has 0 saturated heterocycles. The van der Waals surface area contributed by atoms with Crippen LogP contribution < -0.4 is 16.0 Å². The van der Waals surface area contributed by atoms with Crippen LogP contribution in [0.15, 0.2) is 96.6 Å². The van der Waals surface area contributed by atoms with Gasteiger partial charge in [-0.05, 0) is 78.2 Å². The molecule has 5 aromatic rings. The normalized spacial score (nSPS) is 12.3. The second-order valence-corrected chi connectivity index (χ2v) is 11.1. The van der Waals surface area contributed by atoms with E-state index >= 15 is 0 Å². The summed E-state index contributed by atoms with van der Waals surface area (Å²) >= 11 is 1.35. The van der Waals surface area contributed by atoms with E-state index in [1.807, 2.05) is 29.6 Å². The van der Waals surface area contributed by atoms with Gasteiger partial charge in [0.05, 0.1) is 5.69 Å². The molecule has 0 spiro atoms. The number of hydrogen-bond donors (Lipinski definition) is 2. The topological polar surface area (TPSA) is 122 Å². The number of carbonyl (C=O) groups is 3. The lowest BCUT2D eigenvalue weighted by molar-refractivity contribution is -0.114. The van der Waals surface area contributed by atoms with Crippen molar-refractivity contribution in [1.82, 2.24) is 14.9 Å². The summed E-state index contributed by atoms with van der Waals surface area (Å²) in [5, 5.41) is 5.18. The Hall–Kier alpha value is -5.42. The van der Waals surface area contributed by atoms with Crippen LogP contribution in [0.1, 0.15) is 31.8 Å². The highest BCUT2D eigenvalue weighted by Gasteiger charge is 2.26. The highest BCUT2D eigenvalue weighted by molar-refractivity contribution is 7.13. The first-order chi connectivity index (χ1) is 21.3. The lowest BCUT2D eigenvalue weighted by Crippen LogP contribution is -2.39. The quantitative estimate of drug-likeness (QED) is 0.256. The number of amides is 3. The maximum absolute atomic E-state index is 13.7. The third-order valence-electron chi connectivity index (χ3n) is 7.35. The Morgan fingerprint density at radius 3 is 2.39 bits per heavy atom. The van der Waals surface area contributed by atoms with E-state index < -0.39 is 17.6 Å². The molecule has 3 N–H and O–H groups in total. The second kappa shape index (κ2) is 12.4. The van der Waals surface area contributed by atoms with Crippen LogP contribution in [0.3, 0.4) is 0 Å². The standard InChI is InChI=1S/C33H27FN6O3S/c34-26-6-1-23(2-7-26)32(43)40(19-30(41)37-27-8-3-22(4-9-27)29-20-44-33(35)38-29)28-10-5-21-13-16-39(18-25(21)17-28)31(42)24-11-14-36-15-12-24/h1-12,14-15,17,20H,13,16,18-19H2,(H2,35,38)(H,37,41). The van der Waals surface area contributed by atoms with Gasteiger partial charge < -0.3 is 16.0 Å². The van der Waals surface area contributed by atoms with Crippen LogP contribution in [0, 0.1) is 5.82 Å². The number of nitrogens with zero attached hydrogens (tertiary/aromatic N) is 4. The van der Waals surface area contributed by atoms with Gasteiger partial charge in [-0.15, -0.1) is 11.3 Å². The Morgan fingerprint density at radius 1 is 0.932 bits per heavy atom. The molecule has 3 amide bonds. The summed E-state index contributed by atoms with van der Waals surface area (Å²) in [5.74, 6) is -1.45. The third kappa shape index (κ3) is 6.32. The van der Waals surface area contributed by atoms with Crippen molar-refractivity contribution >= 4 is 45.6 Å². The van der Waals surface area contributed by atoms with Crippen LogP contribution >= 0.6 is 11.3 Å². The predicted octanol–water partition coefficient (Wildman–Crippen LogP) is 5.41. The van der Waals surface area contributed by atoms with E-state index in [-0.39, 0.29) is 18.0 Å². The van der Waals surface area contributed by atoms with Crippen LogP contribution in [0.25, 0.3) is 11.3 Å². The van der Waals surface area contributed by atoms with E-state index in [0.29, 0.717) is 41.6 Å². The summed E-state index contributed by atoms with van der Waals surface area (Å²) < 4.78 is 13.6. The van der Waals surface area contributed by atoms with E-state index in [4.69, 9.17) is 5.73 Å². The maximum atomic E-state index is 13.7. The Morgan fingerprint density at radius 2 is 1.68 bits per heavy atom. The van der Waals surface area contributed by atoms with Gasteiger partial charge in [-0.3, -0.25) is 24.3 Å². The number of rotatable bonds is 7. The van der Waals surface area contributed by atoms with Gasteiger partial charge in [0.25, 0.3) is 11.8 Å². The summed E-state index contributed by atoms with van der Waals surface area (Å²) in [4.78, 5) is 51.5. The van der Waals surface area contributed by atoms with Crippen molar-refractivity contribution in [2.75, 3.05) is 29.0 Å². The molecule has 0 unspecified atom stereocenters. The van der Waals surface area contributed by atoms with Gasteiger partial charge in [-0.25, -0.2) is 9.37 Å². The first kappa shape index (κ1) is 28.7. The number of carbonyl (C=O) groups excluding carboxylic acids is 3. The average molecular weight is 607 g/mol. The Balaban J connectivity index is 1.24. The maximum Gasteiger partial charge on any atom is 0.258 e. The first-order valence-electron chi connectivity index (χ1n) is 13.8. The number of benzene rings is 3. The number of nitrogens with one attached hydrogen (secondary N) is 1. The molecule has 3 aromatic carbocycles. The number of fused-ring (bicyclic) bond motifs is 1. The highest BCUT2D eigenvalue weighted by Crippen LogP contribution is 2.28. The van der Waals surface area contributed by atoms with Crippen LogP contribution in [-0.2, 0) is 17.8 Å². The van der Waals surface area contributed by atoms with Gasteiger partial charge in [0.2, 0.25) is 5.91 Å². The smallest absolute Gasteiger partial charge is 0.258 e. The minimum Gasteiger partial charge on any atom is -0.375 e. The van der Waals surface area contributed by atoms with Gasteiger partial charge in [-0.1, -0.05) is 18.2 Å². The number of pyridine rings is 1. The fraction of sp³-hybridized carbons (Fsp3) is 0.121. The van der Waals surface area contributed by atoms with Crippen LogP contribution in [-0.4, -0.2) is 45.7 Å². The minimum absolute atomic E-state index is 0.105. The molecule has 9 nitrogen and oxygen atoms in total. The number of halogens is 1. The molecule has 11 heteroatoms. The Kier molecular flexibility index (Phi) is 8.11. The molecule has 0 fully saturated rings. The SMILES string of the molecule is Nc1nc(-c2ccc(NC(=O)CN(C(=O)c3ccc(F)cc3)c3ccc4c(c3)CN(C(=O)c3ccncc3)CC4)cc2)cs1. The van der Waals surface area contributed by atoms with Crippen molar-refractivity contribution in [2.24, 2.45) is 0 Å². The number of hydrogen-bond acceptors (Lipinski definition) is 7. The Bertz CT molecular complexity index is 1830. The number of aromatic nitrogens is 2. The zero-order valence-electron chi connectivity index (χ0n) is 23.4. The van der Waals surface area contributed by atoms with Crippen molar-refractivity contribution in [3.05, 3.63) is 125 Å². The number of thiazole rings is 1. The summed E-state index contributed by atoms with van der Waals surface area (Å²) in [7, 11) is 0. The predicted molar refractivity (Wildman–Crippen MR) is 168 cm³/mol. The fourth-order valence-corrected chi connectivity index (χ4v) is 5.65. The number of nitrogen functional groups attached to an aromatic ring is 1. The summed E-state index contributed by atoms with van der Waals surface area (Å²) in [6, 6.07) is 21.3. The summed E-state index contributed by atoms with van der Waals surface area (Å²) in [6.45, 7) is 0.619. The Labute approximate surface area is 256 Å². The third-order valence-corrected chi connectivity index (χ3v) is 8.03. The van der Waals surface area contributed by atoms with Crippen LogP contribution in [0.5, 0.6) is 0 Å². The van der Waals surface area contributed by atoms with E-state index in [1.54, 1.807) is 47.6 Å². The van der Waals surface area contributed by atoms with Gasteiger partial charge in [0, 0.05) is 58.9 Å². The molecule has 0 saturated carbocycles. The molecule has 0 bridgehead atoms. The molecule has 0 atom stereocenters. The molecule has 1 aliphatic heterocycles. The fourth-order valence-electron chi connectivity index (χ4n) is 5.08. The second-order valence-electron chi connectivity index (χ2n) is 10.3. The average Bonchev–Trinajstić information content (AvgIpc) is 3.49. The van der Waals surface area contributed by atoms with Crippen molar-refractivity contribution in [1.29, 1.82) is 0 Å². The largest absolute Gasteiger partial charge is 0.375 e. The van der Waals surface area contributed by atoms with Crippen LogP contribution in [0.4, 0.5) is 20.9 Å². The zero-order chi connectivity index (χ0) is 30.6. The van der Waals surface area contributed by atoms with Crippen molar-refractivity contribution in [3.8, 4) is 11.3 Å². The van der Waals surface area contributed by atoms with E-state index in [0.717, 1.165) is 22.4 Å². The van der Waals surface area contributed by atoms with E-state index in [2.05, 4.69) is 15.3 Å². The summed E-state index contributed by atoms with van der Waals surface area (Å²) in [6.07, 6.45) is 3.82. The van der Waals surface area contributed by atoms with Crippen LogP contribution in [0.2, 0.25) is 0 Å². The number of nitrogens with two attached hydrogens (primary N) is 1. The van der Waals surface area contributed by atoms with Gasteiger partial charge >= 0.3 is 0 Å². The van der Waals surface area contributed by atoms with E-state index in [9.17, 15) is 18.8 Å². The molecule has 1 aliphatic rings. The minimum atomic E-state index is -0.470. The molecule has 6 rings (SSSR count). The molecule has 0 radical (unpaired) electrons. The van der Waals surface area contributed by atoms with Gasteiger partial charge in [-0.2, -0.15) is 0 Å². The van der Waals surface area contributed by atoms with Crippen molar-refractivity contribution in [3.63, 3.8) is 0 Å². The lowest BCUT2D eigenvalue weighted by Gasteiger charge is -2.30. The molecular weight excluding hydrogens is 579 g/mol. The van der Waals surface area contributed by atoms with E-state index in [1.165, 1.54) is 40.5 Å². The molecule has 3 heterocycles. The zero-order valence-corrected chi connectivity index (χ0v) is 24.3. The van der Waals surface area contributed by atoms with Crippen molar-refractivity contribution < 1.29 is 18.8 Å². The highest BCUT2D eigenvalue weighted by atomic mass is 32.1. The lowest BCUT2D eigenvalue weighted by atomic mass is 9.98. The monoisotopic (exact) mass is 606 g/mol.